The first-order valence-corrected chi connectivity index (χ1v) is 9.71. The van der Waals surface area contributed by atoms with E-state index in [1.807, 2.05) is 0 Å². The molecule has 0 saturated heterocycles. The SMILES string of the molecule is COCc1cc(C)nc(NN=Cc2cccc(Oc3ccc([N+](=O)[O-])cc3[N+](=O)[O-])c2)c1C#N. The standard InChI is InChI=1S/C22H18N6O6/c1-14-8-16(13-33-2)19(11-23)22(25-14)26-24-12-15-4-3-5-18(9-15)34-21-7-6-17(27(29)30)10-20(21)28(31)32/h3-10,12H,13H2,1-2H3,(H,25,26). The first kappa shape index (κ1) is 23.8. The number of nitro benzene ring substituents is 2. The lowest BCUT2D eigenvalue weighted by molar-refractivity contribution is -0.394. The fourth-order valence-corrected chi connectivity index (χ4v) is 3.02. The molecule has 0 unspecified atom stereocenters. The summed E-state index contributed by atoms with van der Waals surface area (Å²) in [6, 6.07) is 13.5. The molecule has 12 heteroatoms. The van der Waals surface area contributed by atoms with Gasteiger partial charge in [-0.05, 0) is 36.8 Å². The van der Waals surface area contributed by atoms with Gasteiger partial charge >= 0.3 is 5.69 Å². The summed E-state index contributed by atoms with van der Waals surface area (Å²) >= 11 is 0. The molecule has 0 aliphatic carbocycles. The molecule has 0 radical (unpaired) electrons. The topological polar surface area (TPSA) is 166 Å². The Bertz CT molecular complexity index is 1320. The maximum absolute atomic E-state index is 11.3. The summed E-state index contributed by atoms with van der Waals surface area (Å²) < 4.78 is 10.7. The van der Waals surface area contributed by atoms with Crippen molar-refractivity contribution in [2.45, 2.75) is 13.5 Å². The highest BCUT2D eigenvalue weighted by Crippen LogP contribution is 2.34. The number of nitro groups is 2. The summed E-state index contributed by atoms with van der Waals surface area (Å²) in [6.45, 7) is 2.03. The molecule has 12 nitrogen and oxygen atoms in total. The zero-order chi connectivity index (χ0) is 24.7. The van der Waals surface area contributed by atoms with Crippen molar-refractivity contribution >= 4 is 23.4 Å². The van der Waals surface area contributed by atoms with Crippen LogP contribution in [-0.2, 0) is 11.3 Å². The molecule has 0 fully saturated rings. The van der Waals surface area contributed by atoms with E-state index in [0.29, 0.717) is 22.4 Å². The van der Waals surface area contributed by atoms with Crippen molar-refractivity contribution < 1.29 is 19.3 Å². The Morgan fingerprint density at radius 3 is 2.65 bits per heavy atom. The summed E-state index contributed by atoms with van der Waals surface area (Å²) in [5.74, 6) is 0.394. The number of methoxy groups -OCH3 is 1. The minimum atomic E-state index is -0.753. The van der Waals surface area contributed by atoms with Crippen LogP contribution in [0.1, 0.15) is 22.4 Å². The Labute approximate surface area is 193 Å². The van der Waals surface area contributed by atoms with E-state index in [2.05, 4.69) is 21.6 Å². The van der Waals surface area contributed by atoms with Crippen LogP contribution < -0.4 is 10.2 Å². The molecule has 172 valence electrons. The number of anilines is 1. The van der Waals surface area contributed by atoms with Gasteiger partial charge in [-0.2, -0.15) is 10.4 Å². The number of nitrogens with one attached hydrogen (secondary N) is 1. The number of aromatic nitrogens is 1. The van der Waals surface area contributed by atoms with Gasteiger partial charge in [0, 0.05) is 24.4 Å². The lowest BCUT2D eigenvalue weighted by Crippen LogP contribution is -2.03. The molecule has 0 bridgehead atoms. The normalized spacial score (nSPS) is 10.6. The average Bonchev–Trinajstić information content (AvgIpc) is 2.79. The smallest absolute Gasteiger partial charge is 0.318 e. The quantitative estimate of drug-likeness (QED) is 0.274. The third-order valence-corrected chi connectivity index (χ3v) is 4.46. The number of hydrogen-bond acceptors (Lipinski definition) is 10. The number of pyridine rings is 1. The second kappa shape index (κ2) is 10.6. The number of non-ortho nitro benzene ring substituents is 1. The monoisotopic (exact) mass is 462 g/mol. The highest BCUT2D eigenvalue weighted by atomic mass is 16.6. The van der Waals surface area contributed by atoms with E-state index in [0.717, 1.165) is 12.1 Å². The minimum absolute atomic E-state index is 0.142. The van der Waals surface area contributed by atoms with Crippen LogP contribution in [0.2, 0.25) is 0 Å². The maximum Gasteiger partial charge on any atom is 0.318 e. The first-order valence-electron chi connectivity index (χ1n) is 9.71. The number of nitriles is 1. The maximum atomic E-state index is 11.3. The van der Waals surface area contributed by atoms with Crippen molar-refractivity contribution in [3.05, 3.63) is 91.1 Å². The Morgan fingerprint density at radius 2 is 1.97 bits per heavy atom. The van der Waals surface area contributed by atoms with Crippen molar-refractivity contribution in [3.8, 4) is 17.6 Å². The summed E-state index contributed by atoms with van der Waals surface area (Å²) in [6.07, 6.45) is 1.46. The number of nitrogens with zero attached hydrogens (tertiary/aromatic N) is 5. The number of rotatable bonds is 9. The summed E-state index contributed by atoms with van der Waals surface area (Å²) in [7, 11) is 1.53. The van der Waals surface area contributed by atoms with Gasteiger partial charge in [-0.3, -0.25) is 25.7 Å². The van der Waals surface area contributed by atoms with E-state index < -0.39 is 21.2 Å². The predicted octanol–water partition coefficient (Wildman–Crippen LogP) is 4.46. The van der Waals surface area contributed by atoms with Gasteiger partial charge in [0.05, 0.1) is 28.7 Å². The molecule has 3 rings (SSSR count). The van der Waals surface area contributed by atoms with E-state index in [4.69, 9.17) is 9.47 Å². The fourth-order valence-electron chi connectivity index (χ4n) is 3.02. The van der Waals surface area contributed by atoms with Gasteiger partial charge in [0.1, 0.15) is 17.4 Å². The molecule has 1 N–H and O–H groups in total. The Hall–Kier alpha value is -4.89. The molecule has 0 atom stereocenters. The molecular weight excluding hydrogens is 444 g/mol. The lowest BCUT2D eigenvalue weighted by atomic mass is 10.1. The summed E-state index contributed by atoms with van der Waals surface area (Å²) in [4.78, 5) is 25.0. The highest BCUT2D eigenvalue weighted by molar-refractivity contribution is 5.81. The second-order valence-electron chi connectivity index (χ2n) is 6.90. The number of benzene rings is 2. The largest absolute Gasteiger partial charge is 0.450 e. The molecule has 1 aromatic heterocycles. The first-order chi connectivity index (χ1) is 16.3. The van der Waals surface area contributed by atoms with E-state index in [-0.39, 0.29) is 23.9 Å². The lowest BCUT2D eigenvalue weighted by Gasteiger charge is -2.09. The number of ether oxygens (including phenoxy) is 2. The van der Waals surface area contributed by atoms with E-state index in [1.165, 1.54) is 19.4 Å². The highest BCUT2D eigenvalue weighted by Gasteiger charge is 2.21. The van der Waals surface area contributed by atoms with Crippen molar-refractivity contribution in [2.75, 3.05) is 12.5 Å². The predicted molar refractivity (Wildman–Crippen MR) is 122 cm³/mol. The van der Waals surface area contributed by atoms with Crippen LogP contribution >= 0.6 is 0 Å². The summed E-state index contributed by atoms with van der Waals surface area (Å²) in [5.41, 5.74) is 4.06. The Kier molecular flexibility index (Phi) is 7.42. The van der Waals surface area contributed by atoms with Crippen LogP contribution in [-0.4, -0.2) is 28.2 Å². The number of aryl methyl sites for hydroxylation is 1. The summed E-state index contributed by atoms with van der Waals surface area (Å²) in [5, 5.41) is 35.8. The zero-order valence-corrected chi connectivity index (χ0v) is 18.1. The van der Waals surface area contributed by atoms with Crippen LogP contribution in [0.5, 0.6) is 11.5 Å². The molecule has 34 heavy (non-hydrogen) atoms. The van der Waals surface area contributed by atoms with Crippen molar-refractivity contribution in [2.24, 2.45) is 5.10 Å². The van der Waals surface area contributed by atoms with E-state index in [9.17, 15) is 25.5 Å². The molecule has 0 saturated carbocycles. The van der Waals surface area contributed by atoms with Crippen LogP contribution in [0, 0.1) is 38.5 Å². The molecule has 0 spiro atoms. The van der Waals surface area contributed by atoms with Gasteiger partial charge < -0.3 is 9.47 Å². The molecule has 3 aromatic rings. The van der Waals surface area contributed by atoms with Crippen LogP contribution in [0.4, 0.5) is 17.2 Å². The van der Waals surface area contributed by atoms with Crippen LogP contribution in [0.25, 0.3) is 0 Å². The number of hydrazone groups is 1. The molecule has 0 amide bonds. The van der Waals surface area contributed by atoms with Gasteiger partial charge in [0.2, 0.25) is 5.75 Å². The van der Waals surface area contributed by atoms with E-state index in [1.54, 1.807) is 37.3 Å². The minimum Gasteiger partial charge on any atom is -0.450 e. The van der Waals surface area contributed by atoms with Crippen molar-refractivity contribution in [1.82, 2.24) is 4.98 Å². The Balaban J connectivity index is 1.81. The van der Waals surface area contributed by atoms with E-state index >= 15 is 0 Å². The van der Waals surface area contributed by atoms with Gasteiger partial charge in [0.25, 0.3) is 5.69 Å². The molecule has 0 aliphatic rings. The molecular formula is C22H18N6O6. The van der Waals surface area contributed by atoms with Gasteiger partial charge in [-0.15, -0.1) is 0 Å². The zero-order valence-electron chi connectivity index (χ0n) is 18.1. The van der Waals surface area contributed by atoms with Gasteiger partial charge in [0.15, 0.2) is 5.82 Å². The second-order valence-corrected chi connectivity index (χ2v) is 6.90. The molecule has 0 aliphatic heterocycles. The van der Waals surface area contributed by atoms with Gasteiger partial charge in [-0.1, -0.05) is 12.1 Å². The van der Waals surface area contributed by atoms with Crippen molar-refractivity contribution in [1.29, 1.82) is 5.26 Å². The Morgan fingerprint density at radius 1 is 1.18 bits per heavy atom. The molecule has 2 aromatic carbocycles. The van der Waals surface area contributed by atoms with Crippen LogP contribution in [0.15, 0.2) is 53.6 Å². The van der Waals surface area contributed by atoms with Crippen molar-refractivity contribution in [3.63, 3.8) is 0 Å². The third-order valence-electron chi connectivity index (χ3n) is 4.46. The third kappa shape index (κ3) is 5.67. The average molecular weight is 462 g/mol. The number of hydrogen-bond donors (Lipinski definition) is 1. The van der Waals surface area contributed by atoms with Crippen LogP contribution in [0.3, 0.4) is 0 Å². The van der Waals surface area contributed by atoms with Gasteiger partial charge in [-0.25, -0.2) is 4.98 Å². The fraction of sp³-hybridized carbons (Fsp3) is 0.136. The molecule has 1 heterocycles.